The third-order valence-corrected chi connectivity index (χ3v) is 4.18. The van der Waals surface area contributed by atoms with Gasteiger partial charge in [-0.25, -0.2) is 0 Å². The van der Waals surface area contributed by atoms with Crippen molar-refractivity contribution in [2.24, 2.45) is 5.73 Å². The molecule has 0 saturated heterocycles. The average Bonchev–Trinajstić information content (AvgIpc) is 2.53. The zero-order valence-electron chi connectivity index (χ0n) is 14.1. The van der Waals surface area contributed by atoms with Gasteiger partial charge in [-0.3, -0.25) is 0 Å². The molecule has 22 heavy (non-hydrogen) atoms. The van der Waals surface area contributed by atoms with Crippen LogP contribution in [0.1, 0.15) is 54.5 Å². The summed E-state index contributed by atoms with van der Waals surface area (Å²) in [5.41, 5.74) is 11.4. The predicted octanol–water partition coefficient (Wildman–Crippen LogP) is 4.76. The molecule has 0 bridgehead atoms. The molecule has 0 amide bonds. The fourth-order valence-corrected chi connectivity index (χ4v) is 2.69. The van der Waals surface area contributed by atoms with Gasteiger partial charge in [0.05, 0.1) is 7.11 Å². The molecular formula is C20H27NO. The second kappa shape index (κ2) is 7.46. The number of hydrogen-bond donors (Lipinski definition) is 1. The van der Waals surface area contributed by atoms with Gasteiger partial charge in [0.1, 0.15) is 5.75 Å². The van der Waals surface area contributed by atoms with Gasteiger partial charge in [-0.15, -0.1) is 0 Å². The molecule has 0 saturated carbocycles. The zero-order valence-corrected chi connectivity index (χ0v) is 14.1. The largest absolute Gasteiger partial charge is 0.496 e. The Morgan fingerprint density at radius 3 is 2.32 bits per heavy atom. The van der Waals surface area contributed by atoms with Gasteiger partial charge in [-0.2, -0.15) is 0 Å². The molecule has 0 aliphatic carbocycles. The Balaban J connectivity index is 2.03. The molecule has 2 N–H and O–H groups in total. The Bertz CT molecular complexity index is 602. The van der Waals surface area contributed by atoms with Crippen molar-refractivity contribution in [1.29, 1.82) is 0 Å². The van der Waals surface area contributed by atoms with Crippen molar-refractivity contribution in [2.75, 3.05) is 7.11 Å². The molecule has 2 rings (SSSR count). The lowest BCUT2D eigenvalue weighted by molar-refractivity contribution is 0.404. The molecule has 0 aromatic heterocycles. The van der Waals surface area contributed by atoms with E-state index in [4.69, 9.17) is 10.5 Å². The van der Waals surface area contributed by atoms with Crippen LogP contribution in [0.4, 0.5) is 0 Å². The summed E-state index contributed by atoms with van der Waals surface area (Å²) in [5, 5.41) is 0. The smallest absolute Gasteiger partial charge is 0.123 e. The minimum Gasteiger partial charge on any atom is -0.496 e. The van der Waals surface area contributed by atoms with E-state index in [9.17, 15) is 0 Å². The average molecular weight is 297 g/mol. The van der Waals surface area contributed by atoms with Gasteiger partial charge in [0.2, 0.25) is 0 Å². The number of aryl methyl sites for hydroxylation is 2. The maximum atomic E-state index is 6.39. The van der Waals surface area contributed by atoms with Gasteiger partial charge in [-0.1, -0.05) is 55.8 Å². The first-order valence-corrected chi connectivity index (χ1v) is 8.00. The summed E-state index contributed by atoms with van der Waals surface area (Å²) >= 11 is 0. The normalized spacial score (nSPS) is 12.5. The number of ether oxygens (including phenoxy) is 1. The second-order valence-electron chi connectivity index (χ2n) is 6.29. The lowest BCUT2D eigenvalue weighted by Gasteiger charge is -2.16. The SMILES string of the molecule is COc1ccc(C)cc1C(N)CCc1ccc(C(C)C)cc1. The van der Waals surface area contributed by atoms with E-state index in [1.807, 2.05) is 6.07 Å². The number of benzene rings is 2. The maximum Gasteiger partial charge on any atom is 0.123 e. The molecule has 1 unspecified atom stereocenters. The summed E-state index contributed by atoms with van der Waals surface area (Å²) in [6.07, 6.45) is 1.90. The third-order valence-electron chi connectivity index (χ3n) is 4.18. The fraction of sp³-hybridized carbons (Fsp3) is 0.400. The second-order valence-corrected chi connectivity index (χ2v) is 6.29. The first-order valence-electron chi connectivity index (χ1n) is 8.00. The predicted molar refractivity (Wildman–Crippen MR) is 93.5 cm³/mol. The van der Waals surface area contributed by atoms with Gasteiger partial charge in [-0.05, 0) is 42.9 Å². The van der Waals surface area contributed by atoms with E-state index in [2.05, 4.69) is 57.2 Å². The van der Waals surface area contributed by atoms with E-state index in [-0.39, 0.29) is 6.04 Å². The van der Waals surface area contributed by atoms with Crippen molar-refractivity contribution in [1.82, 2.24) is 0 Å². The van der Waals surface area contributed by atoms with E-state index in [0.717, 1.165) is 24.2 Å². The van der Waals surface area contributed by atoms with E-state index in [1.54, 1.807) is 7.11 Å². The molecule has 2 heteroatoms. The van der Waals surface area contributed by atoms with Gasteiger partial charge in [0, 0.05) is 11.6 Å². The van der Waals surface area contributed by atoms with Gasteiger partial charge < -0.3 is 10.5 Å². The molecular weight excluding hydrogens is 270 g/mol. The van der Waals surface area contributed by atoms with Crippen LogP contribution < -0.4 is 10.5 Å². The van der Waals surface area contributed by atoms with Crippen LogP contribution in [-0.4, -0.2) is 7.11 Å². The molecule has 0 radical (unpaired) electrons. The van der Waals surface area contributed by atoms with Crippen LogP contribution in [-0.2, 0) is 6.42 Å². The van der Waals surface area contributed by atoms with Crippen molar-refractivity contribution >= 4 is 0 Å². The van der Waals surface area contributed by atoms with E-state index in [1.165, 1.54) is 16.7 Å². The Hall–Kier alpha value is -1.80. The summed E-state index contributed by atoms with van der Waals surface area (Å²) in [5.74, 6) is 1.46. The number of methoxy groups -OCH3 is 1. The van der Waals surface area contributed by atoms with Crippen LogP contribution in [0.2, 0.25) is 0 Å². The number of nitrogens with two attached hydrogens (primary N) is 1. The van der Waals surface area contributed by atoms with Crippen LogP contribution in [0.5, 0.6) is 5.75 Å². The quantitative estimate of drug-likeness (QED) is 0.834. The Kier molecular flexibility index (Phi) is 5.62. The van der Waals surface area contributed by atoms with Crippen molar-refractivity contribution in [3.05, 3.63) is 64.7 Å². The minimum atomic E-state index is -0.000347. The topological polar surface area (TPSA) is 35.2 Å². The monoisotopic (exact) mass is 297 g/mol. The van der Waals surface area contributed by atoms with E-state index >= 15 is 0 Å². The van der Waals surface area contributed by atoms with Crippen LogP contribution >= 0.6 is 0 Å². The highest BCUT2D eigenvalue weighted by Crippen LogP contribution is 2.28. The van der Waals surface area contributed by atoms with E-state index < -0.39 is 0 Å². The minimum absolute atomic E-state index is 0.000347. The van der Waals surface area contributed by atoms with Gasteiger partial charge >= 0.3 is 0 Å². The summed E-state index contributed by atoms with van der Waals surface area (Å²) in [7, 11) is 1.70. The molecule has 0 fully saturated rings. The molecule has 0 heterocycles. The van der Waals surface area contributed by atoms with Crippen molar-refractivity contribution < 1.29 is 4.74 Å². The van der Waals surface area contributed by atoms with Crippen molar-refractivity contribution in [3.8, 4) is 5.75 Å². The highest BCUT2D eigenvalue weighted by molar-refractivity contribution is 5.39. The fourth-order valence-electron chi connectivity index (χ4n) is 2.69. The zero-order chi connectivity index (χ0) is 16.1. The Labute approximate surface area is 134 Å². The van der Waals surface area contributed by atoms with Crippen LogP contribution in [0.25, 0.3) is 0 Å². The lowest BCUT2D eigenvalue weighted by atomic mass is 9.96. The van der Waals surface area contributed by atoms with Crippen molar-refractivity contribution in [3.63, 3.8) is 0 Å². The summed E-state index contributed by atoms with van der Waals surface area (Å²) in [6.45, 7) is 6.52. The molecule has 1 atom stereocenters. The summed E-state index contributed by atoms with van der Waals surface area (Å²) in [6, 6.07) is 15.1. The number of hydrogen-bond acceptors (Lipinski definition) is 2. The van der Waals surface area contributed by atoms with Gasteiger partial charge in [0.15, 0.2) is 0 Å². The molecule has 118 valence electrons. The molecule has 2 aromatic carbocycles. The molecule has 0 aliphatic rings. The standard InChI is InChI=1S/C20H27NO/c1-14(2)17-9-6-16(7-10-17)8-11-19(21)18-13-15(3)5-12-20(18)22-4/h5-7,9-10,12-14,19H,8,11,21H2,1-4H3. The van der Waals surface area contributed by atoms with Crippen LogP contribution in [0, 0.1) is 6.92 Å². The molecule has 0 spiro atoms. The highest BCUT2D eigenvalue weighted by atomic mass is 16.5. The highest BCUT2D eigenvalue weighted by Gasteiger charge is 2.12. The Morgan fingerprint density at radius 2 is 1.73 bits per heavy atom. The van der Waals surface area contributed by atoms with Gasteiger partial charge in [0.25, 0.3) is 0 Å². The summed E-state index contributed by atoms with van der Waals surface area (Å²) in [4.78, 5) is 0. The first kappa shape index (κ1) is 16.6. The Morgan fingerprint density at radius 1 is 1.05 bits per heavy atom. The lowest BCUT2D eigenvalue weighted by Crippen LogP contribution is -2.13. The first-order chi connectivity index (χ1) is 10.5. The van der Waals surface area contributed by atoms with Crippen LogP contribution in [0.3, 0.4) is 0 Å². The number of rotatable bonds is 6. The summed E-state index contributed by atoms with van der Waals surface area (Å²) < 4.78 is 5.44. The molecule has 2 aromatic rings. The molecule has 0 aliphatic heterocycles. The van der Waals surface area contributed by atoms with Crippen LogP contribution in [0.15, 0.2) is 42.5 Å². The molecule has 2 nitrogen and oxygen atoms in total. The van der Waals surface area contributed by atoms with E-state index in [0.29, 0.717) is 5.92 Å². The van der Waals surface area contributed by atoms with Crippen molar-refractivity contribution in [2.45, 2.75) is 45.6 Å². The maximum absolute atomic E-state index is 6.39. The third kappa shape index (κ3) is 4.11.